The van der Waals surface area contributed by atoms with Crippen LogP contribution >= 0.6 is 0 Å². The van der Waals surface area contributed by atoms with Crippen molar-refractivity contribution in [2.24, 2.45) is 5.92 Å². The van der Waals surface area contributed by atoms with E-state index < -0.39 is 0 Å². The van der Waals surface area contributed by atoms with Crippen LogP contribution in [0.2, 0.25) is 0 Å². The monoisotopic (exact) mass is 290 g/mol. The lowest BCUT2D eigenvalue weighted by Gasteiger charge is -2.32. The van der Waals surface area contributed by atoms with Crippen LogP contribution in [0.5, 0.6) is 5.75 Å². The van der Waals surface area contributed by atoms with Gasteiger partial charge < -0.3 is 15.0 Å². The van der Waals surface area contributed by atoms with Crippen LogP contribution in [0.25, 0.3) is 0 Å². The third-order valence-corrected chi connectivity index (χ3v) is 4.69. The van der Waals surface area contributed by atoms with Gasteiger partial charge >= 0.3 is 0 Å². The van der Waals surface area contributed by atoms with E-state index >= 15 is 0 Å². The summed E-state index contributed by atoms with van der Waals surface area (Å²) in [6.45, 7) is 5.66. The van der Waals surface area contributed by atoms with Crippen molar-refractivity contribution >= 4 is 0 Å². The lowest BCUT2D eigenvalue weighted by Crippen LogP contribution is -2.46. The molecular formula is C18H30N2O. The molecule has 0 saturated carbocycles. The molecular weight excluding hydrogens is 260 g/mol. The fourth-order valence-electron chi connectivity index (χ4n) is 3.34. The van der Waals surface area contributed by atoms with Crippen molar-refractivity contribution in [2.75, 3.05) is 27.7 Å². The number of benzene rings is 1. The second-order valence-electron chi connectivity index (χ2n) is 6.76. The van der Waals surface area contributed by atoms with Crippen LogP contribution in [0.3, 0.4) is 0 Å². The van der Waals surface area contributed by atoms with Gasteiger partial charge in [0.15, 0.2) is 0 Å². The van der Waals surface area contributed by atoms with E-state index in [4.69, 9.17) is 4.74 Å². The molecule has 1 aliphatic carbocycles. The number of ether oxygens (including phenoxy) is 1. The Bertz CT molecular complexity index is 449. The molecule has 1 aromatic carbocycles. The molecule has 2 rings (SSSR count). The van der Waals surface area contributed by atoms with Crippen molar-refractivity contribution in [1.82, 2.24) is 10.2 Å². The lowest BCUT2D eigenvalue weighted by molar-refractivity contribution is 0.216. The first-order valence-corrected chi connectivity index (χ1v) is 8.07. The van der Waals surface area contributed by atoms with Gasteiger partial charge in [0.05, 0.1) is 7.11 Å². The molecule has 0 radical (unpaired) electrons. The number of nitrogens with zero attached hydrogens (tertiary/aromatic N) is 1. The van der Waals surface area contributed by atoms with Gasteiger partial charge in [-0.25, -0.2) is 0 Å². The summed E-state index contributed by atoms with van der Waals surface area (Å²) in [5, 5.41) is 3.78. The molecule has 0 bridgehead atoms. The minimum absolute atomic E-state index is 0.589. The smallest absolute Gasteiger partial charge is 0.119 e. The minimum Gasteiger partial charge on any atom is -0.497 e. The average Bonchev–Trinajstić information content (AvgIpc) is 2.45. The largest absolute Gasteiger partial charge is 0.497 e. The Kier molecular flexibility index (Phi) is 5.65. The van der Waals surface area contributed by atoms with Crippen molar-refractivity contribution in [3.05, 3.63) is 29.3 Å². The topological polar surface area (TPSA) is 24.5 Å². The Morgan fingerprint density at radius 1 is 1.29 bits per heavy atom. The molecule has 21 heavy (non-hydrogen) atoms. The van der Waals surface area contributed by atoms with Crippen molar-refractivity contribution < 1.29 is 4.74 Å². The standard InChI is InChI=1S/C18H30N2O/c1-13(2)18(20(3)4)12-19-16-8-6-14-7-9-17(21-5)11-15(14)10-16/h7,9,11,13,16,18-19H,6,8,10,12H2,1-5H3. The number of aryl methyl sites for hydroxylation is 1. The van der Waals surface area contributed by atoms with Gasteiger partial charge in [-0.3, -0.25) is 0 Å². The maximum atomic E-state index is 5.35. The maximum Gasteiger partial charge on any atom is 0.119 e. The van der Waals surface area contributed by atoms with Crippen molar-refractivity contribution in [2.45, 2.75) is 45.2 Å². The molecule has 118 valence electrons. The van der Waals surface area contributed by atoms with E-state index in [2.05, 4.69) is 56.4 Å². The van der Waals surface area contributed by atoms with Gasteiger partial charge in [-0.05, 0) is 62.5 Å². The van der Waals surface area contributed by atoms with Crippen molar-refractivity contribution in [1.29, 1.82) is 0 Å². The zero-order valence-electron chi connectivity index (χ0n) is 14.1. The first kappa shape index (κ1) is 16.3. The number of hydrogen-bond donors (Lipinski definition) is 1. The highest BCUT2D eigenvalue weighted by Crippen LogP contribution is 2.25. The SMILES string of the molecule is COc1ccc2c(c1)CC(NCC(C(C)C)N(C)C)CC2. The van der Waals surface area contributed by atoms with Gasteiger partial charge in [0.1, 0.15) is 5.75 Å². The molecule has 1 aromatic rings. The summed E-state index contributed by atoms with van der Waals surface area (Å²) in [4.78, 5) is 2.33. The Balaban J connectivity index is 1.95. The van der Waals surface area contributed by atoms with Crippen LogP contribution in [0.1, 0.15) is 31.4 Å². The minimum atomic E-state index is 0.589. The second-order valence-corrected chi connectivity index (χ2v) is 6.76. The summed E-state index contributed by atoms with van der Waals surface area (Å²) in [5.74, 6) is 1.64. The molecule has 3 nitrogen and oxygen atoms in total. The van der Waals surface area contributed by atoms with Gasteiger partial charge in [-0.1, -0.05) is 19.9 Å². The third kappa shape index (κ3) is 4.21. The first-order chi connectivity index (χ1) is 10.0. The quantitative estimate of drug-likeness (QED) is 0.872. The van der Waals surface area contributed by atoms with E-state index in [1.165, 1.54) is 24.0 Å². The summed E-state index contributed by atoms with van der Waals surface area (Å²) in [6.07, 6.45) is 3.52. The highest BCUT2D eigenvalue weighted by molar-refractivity contribution is 5.37. The summed E-state index contributed by atoms with van der Waals surface area (Å²) >= 11 is 0. The number of fused-ring (bicyclic) bond motifs is 1. The number of likely N-dealkylation sites (N-methyl/N-ethyl adjacent to an activating group) is 1. The fraction of sp³-hybridized carbons (Fsp3) is 0.667. The van der Waals surface area contributed by atoms with E-state index in [9.17, 15) is 0 Å². The molecule has 0 saturated heterocycles. The molecule has 0 aliphatic heterocycles. The molecule has 0 heterocycles. The third-order valence-electron chi connectivity index (χ3n) is 4.69. The maximum absolute atomic E-state index is 5.35. The molecule has 0 fully saturated rings. The van der Waals surface area contributed by atoms with Crippen molar-refractivity contribution in [3.63, 3.8) is 0 Å². The van der Waals surface area contributed by atoms with E-state index in [0.29, 0.717) is 18.0 Å². The molecule has 1 N–H and O–H groups in total. The van der Waals surface area contributed by atoms with Crippen molar-refractivity contribution in [3.8, 4) is 5.75 Å². The molecule has 3 heteroatoms. The molecule has 2 unspecified atom stereocenters. The molecule has 0 spiro atoms. The van der Waals surface area contributed by atoms with E-state index in [0.717, 1.165) is 18.7 Å². The first-order valence-electron chi connectivity index (χ1n) is 8.07. The van der Waals surface area contributed by atoms with Crippen LogP contribution in [-0.2, 0) is 12.8 Å². The average molecular weight is 290 g/mol. The Hall–Kier alpha value is -1.06. The van der Waals surface area contributed by atoms with Gasteiger partial charge in [0.25, 0.3) is 0 Å². The lowest BCUT2D eigenvalue weighted by atomic mass is 9.88. The second kappa shape index (κ2) is 7.28. The van der Waals surface area contributed by atoms with E-state index in [-0.39, 0.29) is 0 Å². The predicted octanol–water partition coefficient (Wildman–Crippen LogP) is 2.73. The number of methoxy groups -OCH3 is 1. The normalized spacial score (nSPS) is 19.7. The highest BCUT2D eigenvalue weighted by atomic mass is 16.5. The number of rotatable bonds is 6. The van der Waals surface area contributed by atoms with E-state index in [1.807, 2.05) is 0 Å². The van der Waals surface area contributed by atoms with Gasteiger partial charge in [0, 0.05) is 18.6 Å². The highest BCUT2D eigenvalue weighted by Gasteiger charge is 2.21. The Labute approximate surface area is 129 Å². The molecule has 2 atom stereocenters. The summed E-state index contributed by atoms with van der Waals surface area (Å²) in [6, 6.07) is 7.69. The van der Waals surface area contributed by atoms with Crippen LogP contribution in [-0.4, -0.2) is 44.7 Å². The van der Waals surface area contributed by atoms with Gasteiger partial charge in [-0.15, -0.1) is 0 Å². The Morgan fingerprint density at radius 3 is 2.67 bits per heavy atom. The summed E-state index contributed by atoms with van der Waals surface area (Å²) < 4.78 is 5.35. The molecule has 1 aliphatic rings. The molecule has 0 aromatic heterocycles. The van der Waals surface area contributed by atoms with E-state index in [1.54, 1.807) is 7.11 Å². The fourth-order valence-corrected chi connectivity index (χ4v) is 3.34. The van der Waals surface area contributed by atoms with Crippen LogP contribution in [0, 0.1) is 5.92 Å². The Morgan fingerprint density at radius 2 is 2.05 bits per heavy atom. The summed E-state index contributed by atoms with van der Waals surface area (Å²) in [7, 11) is 6.09. The zero-order chi connectivity index (χ0) is 15.4. The number of hydrogen-bond acceptors (Lipinski definition) is 3. The van der Waals surface area contributed by atoms with Crippen LogP contribution in [0.4, 0.5) is 0 Å². The molecule has 0 amide bonds. The van der Waals surface area contributed by atoms with Gasteiger partial charge in [-0.2, -0.15) is 0 Å². The van der Waals surface area contributed by atoms with Crippen LogP contribution < -0.4 is 10.1 Å². The number of nitrogens with one attached hydrogen (secondary N) is 1. The zero-order valence-corrected chi connectivity index (χ0v) is 14.1. The van der Waals surface area contributed by atoms with Gasteiger partial charge in [0.2, 0.25) is 0 Å². The predicted molar refractivity (Wildman–Crippen MR) is 89.1 cm³/mol. The summed E-state index contributed by atoms with van der Waals surface area (Å²) in [5.41, 5.74) is 2.94. The van der Waals surface area contributed by atoms with Crippen LogP contribution in [0.15, 0.2) is 18.2 Å².